The molecule has 0 atom stereocenters. The third-order valence-corrected chi connectivity index (χ3v) is 3.88. The van der Waals surface area contributed by atoms with Crippen LogP contribution >= 0.6 is 0 Å². The lowest BCUT2D eigenvalue weighted by atomic mass is 10.1. The van der Waals surface area contributed by atoms with E-state index in [0.717, 1.165) is 4.90 Å². The molecule has 0 aromatic heterocycles. The van der Waals surface area contributed by atoms with E-state index >= 15 is 0 Å². The van der Waals surface area contributed by atoms with E-state index in [4.69, 9.17) is 4.74 Å². The minimum absolute atomic E-state index is 0.160. The van der Waals surface area contributed by atoms with Crippen molar-refractivity contribution in [3.05, 3.63) is 59.7 Å². The van der Waals surface area contributed by atoms with Gasteiger partial charge < -0.3 is 15.0 Å². The number of methoxy groups -OCH3 is 1. The maximum atomic E-state index is 12.9. The van der Waals surface area contributed by atoms with Crippen LogP contribution in [0.5, 0.6) is 5.75 Å². The van der Waals surface area contributed by atoms with Crippen molar-refractivity contribution in [2.45, 2.75) is 26.1 Å². The number of nitrogens with zero attached hydrogens (tertiary/aromatic N) is 1. The highest BCUT2D eigenvalue weighted by Gasteiger charge is 2.33. The lowest BCUT2D eigenvalue weighted by Crippen LogP contribution is -2.39. The molecule has 0 spiro atoms. The lowest BCUT2D eigenvalue weighted by molar-refractivity contribution is -0.162. The number of hydrogen-bond donors (Lipinski definition) is 1. The molecule has 0 fully saturated rings. The zero-order valence-corrected chi connectivity index (χ0v) is 15.5. The molecule has 0 saturated heterocycles. The molecule has 5 nitrogen and oxygen atoms in total. The Bertz CT molecular complexity index is 803. The maximum absolute atomic E-state index is 12.9. The van der Waals surface area contributed by atoms with E-state index in [9.17, 15) is 22.8 Å². The Labute approximate surface area is 161 Å². The molecule has 0 saturated carbocycles. The fourth-order valence-corrected chi connectivity index (χ4v) is 2.60. The summed E-state index contributed by atoms with van der Waals surface area (Å²) in [4.78, 5) is 24.3. The number of benzene rings is 2. The van der Waals surface area contributed by atoms with E-state index in [1.807, 2.05) is 0 Å². The zero-order valence-electron chi connectivity index (χ0n) is 15.5. The number of amides is 2. The Morgan fingerprint density at radius 3 is 2.07 bits per heavy atom. The van der Waals surface area contributed by atoms with Crippen molar-refractivity contribution in [3.8, 4) is 5.75 Å². The highest BCUT2D eigenvalue weighted by molar-refractivity contribution is 5.88. The molecule has 0 aliphatic rings. The van der Waals surface area contributed by atoms with Gasteiger partial charge in [-0.2, -0.15) is 13.2 Å². The average Bonchev–Trinajstić information content (AvgIpc) is 2.62. The third kappa shape index (κ3) is 6.94. The summed E-state index contributed by atoms with van der Waals surface area (Å²) in [5.74, 6) is -0.295. The van der Waals surface area contributed by atoms with Crippen LogP contribution in [0.15, 0.2) is 48.5 Å². The molecule has 28 heavy (non-hydrogen) atoms. The SMILES string of the molecule is COc1ccc(CN(CC(F)(F)F)C(=O)Cc2ccc(NC(C)=O)cc2)cc1. The molecule has 0 unspecified atom stereocenters. The number of halogens is 3. The standard InChI is InChI=1S/C20H21F3N2O3/c1-14(26)24-17-7-3-15(4-8-17)11-19(27)25(13-20(21,22)23)12-16-5-9-18(28-2)10-6-16/h3-10H,11-13H2,1-2H3,(H,24,26). The molecule has 0 heterocycles. The minimum atomic E-state index is -4.50. The first-order valence-electron chi connectivity index (χ1n) is 8.50. The van der Waals surface area contributed by atoms with Crippen molar-refractivity contribution >= 4 is 17.5 Å². The fourth-order valence-electron chi connectivity index (χ4n) is 2.60. The summed E-state index contributed by atoms with van der Waals surface area (Å²) in [5, 5.41) is 2.59. The van der Waals surface area contributed by atoms with E-state index in [1.54, 1.807) is 48.5 Å². The Morgan fingerprint density at radius 1 is 1.00 bits per heavy atom. The second kappa shape index (κ2) is 9.25. The largest absolute Gasteiger partial charge is 0.497 e. The van der Waals surface area contributed by atoms with Crippen molar-refractivity contribution in [2.75, 3.05) is 19.0 Å². The first-order valence-corrected chi connectivity index (χ1v) is 8.50. The number of carbonyl (C=O) groups excluding carboxylic acids is 2. The van der Waals surface area contributed by atoms with Gasteiger partial charge in [-0.25, -0.2) is 0 Å². The smallest absolute Gasteiger partial charge is 0.406 e. The number of anilines is 1. The predicted molar refractivity (Wildman–Crippen MR) is 98.9 cm³/mol. The van der Waals surface area contributed by atoms with Crippen molar-refractivity contribution in [3.63, 3.8) is 0 Å². The minimum Gasteiger partial charge on any atom is -0.497 e. The highest BCUT2D eigenvalue weighted by Crippen LogP contribution is 2.21. The number of nitrogens with one attached hydrogen (secondary N) is 1. The normalized spacial score (nSPS) is 11.0. The molecule has 1 N–H and O–H groups in total. The lowest BCUT2D eigenvalue weighted by Gasteiger charge is -2.24. The van der Waals surface area contributed by atoms with Crippen molar-refractivity contribution in [1.29, 1.82) is 0 Å². The molecule has 2 amide bonds. The quantitative estimate of drug-likeness (QED) is 0.778. The Morgan fingerprint density at radius 2 is 1.57 bits per heavy atom. The van der Waals surface area contributed by atoms with Crippen LogP contribution in [0.4, 0.5) is 18.9 Å². The van der Waals surface area contributed by atoms with Crippen molar-refractivity contribution < 1.29 is 27.5 Å². The van der Waals surface area contributed by atoms with Gasteiger partial charge in [-0.05, 0) is 35.4 Å². The van der Waals surface area contributed by atoms with Gasteiger partial charge in [0.05, 0.1) is 13.5 Å². The van der Waals surface area contributed by atoms with Crippen LogP contribution in [0.3, 0.4) is 0 Å². The molecule has 2 aromatic rings. The average molecular weight is 394 g/mol. The summed E-state index contributed by atoms with van der Waals surface area (Å²) in [7, 11) is 1.49. The van der Waals surface area contributed by atoms with Gasteiger partial charge in [-0.1, -0.05) is 24.3 Å². The summed E-state index contributed by atoms with van der Waals surface area (Å²) in [6.07, 6.45) is -4.68. The number of hydrogen-bond acceptors (Lipinski definition) is 3. The van der Waals surface area contributed by atoms with Crippen LogP contribution in [0.1, 0.15) is 18.1 Å². The summed E-state index contributed by atoms with van der Waals surface area (Å²) < 4.78 is 43.9. The number of ether oxygens (including phenoxy) is 1. The number of carbonyl (C=O) groups is 2. The summed E-state index contributed by atoms with van der Waals surface area (Å²) in [6, 6.07) is 12.9. The van der Waals surface area contributed by atoms with E-state index in [2.05, 4.69) is 5.32 Å². The van der Waals surface area contributed by atoms with E-state index in [-0.39, 0.29) is 18.9 Å². The topological polar surface area (TPSA) is 58.6 Å². The summed E-state index contributed by atoms with van der Waals surface area (Å²) >= 11 is 0. The Kier molecular flexibility index (Phi) is 7.03. The van der Waals surface area contributed by atoms with Crippen LogP contribution in [-0.2, 0) is 22.6 Å². The van der Waals surface area contributed by atoms with E-state index < -0.39 is 18.6 Å². The molecule has 8 heteroatoms. The van der Waals surface area contributed by atoms with Crippen molar-refractivity contribution in [1.82, 2.24) is 4.90 Å². The van der Waals surface area contributed by atoms with Gasteiger partial charge in [0.15, 0.2) is 0 Å². The molecule has 2 aromatic carbocycles. The van der Waals surface area contributed by atoms with Gasteiger partial charge in [0, 0.05) is 19.2 Å². The van der Waals surface area contributed by atoms with Crippen LogP contribution in [0.25, 0.3) is 0 Å². The molecule has 0 radical (unpaired) electrons. The third-order valence-electron chi connectivity index (χ3n) is 3.88. The molecular weight excluding hydrogens is 373 g/mol. The first-order chi connectivity index (χ1) is 13.2. The monoisotopic (exact) mass is 394 g/mol. The van der Waals surface area contributed by atoms with Crippen LogP contribution < -0.4 is 10.1 Å². The van der Waals surface area contributed by atoms with Crippen molar-refractivity contribution in [2.24, 2.45) is 0 Å². The Balaban J connectivity index is 2.10. The molecule has 0 aliphatic carbocycles. The number of alkyl halides is 3. The summed E-state index contributed by atoms with van der Waals surface area (Å²) in [5.41, 5.74) is 1.68. The second-order valence-corrected chi connectivity index (χ2v) is 6.27. The molecule has 2 rings (SSSR count). The van der Waals surface area contributed by atoms with Gasteiger partial charge in [0.2, 0.25) is 11.8 Å². The Hall–Kier alpha value is -3.03. The zero-order chi connectivity index (χ0) is 20.7. The van der Waals surface area contributed by atoms with Gasteiger partial charge in [0.1, 0.15) is 12.3 Å². The molecule has 0 aliphatic heterocycles. The van der Waals surface area contributed by atoms with Gasteiger partial charge in [-0.3, -0.25) is 9.59 Å². The molecular formula is C20H21F3N2O3. The number of rotatable bonds is 7. The van der Waals surface area contributed by atoms with Gasteiger partial charge >= 0.3 is 6.18 Å². The van der Waals surface area contributed by atoms with E-state index in [1.165, 1.54) is 14.0 Å². The first kappa shape index (κ1) is 21.3. The predicted octanol–water partition coefficient (Wildman–Crippen LogP) is 3.79. The van der Waals surface area contributed by atoms with Crippen LogP contribution in [-0.4, -0.2) is 36.5 Å². The maximum Gasteiger partial charge on any atom is 0.406 e. The van der Waals surface area contributed by atoms with Crippen LogP contribution in [0, 0.1) is 0 Å². The van der Waals surface area contributed by atoms with Gasteiger partial charge in [0.25, 0.3) is 0 Å². The highest BCUT2D eigenvalue weighted by atomic mass is 19.4. The van der Waals surface area contributed by atoms with Crippen LogP contribution in [0.2, 0.25) is 0 Å². The van der Waals surface area contributed by atoms with Gasteiger partial charge in [-0.15, -0.1) is 0 Å². The molecule has 0 bridgehead atoms. The fraction of sp³-hybridized carbons (Fsp3) is 0.300. The van der Waals surface area contributed by atoms with E-state index in [0.29, 0.717) is 22.6 Å². The molecule has 150 valence electrons. The summed E-state index contributed by atoms with van der Waals surface area (Å²) in [6.45, 7) is -0.125. The second-order valence-electron chi connectivity index (χ2n) is 6.27.